The van der Waals surface area contributed by atoms with E-state index in [1.807, 2.05) is 30.3 Å². The number of hydrogen-bond donors (Lipinski definition) is 4. The molecule has 1 atom stereocenters. The van der Waals surface area contributed by atoms with E-state index in [0.29, 0.717) is 17.9 Å². The van der Waals surface area contributed by atoms with Gasteiger partial charge in [-0.1, -0.05) is 30.3 Å². The molecule has 0 fully saturated rings. The molecule has 4 heteroatoms. The van der Waals surface area contributed by atoms with Crippen LogP contribution in [-0.2, 0) is 0 Å². The highest BCUT2D eigenvalue weighted by atomic mass is 16.3. The van der Waals surface area contributed by atoms with E-state index in [1.165, 1.54) is 0 Å². The lowest BCUT2D eigenvalue weighted by Crippen LogP contribution is -2.11. The molecule has 0 saturated heterocycles. The van der Waals surface area contributed by atoms with Crippen molar-refractivity contribution in [3.05, 3.63) is 60.2 Å². The van der Waals surface area contributed by atoms with Gasteiger partial charge >= 0.3 is 0 Å². The highest BCUT2D eigenvalue weighted by molar-refractivity contribution is 5.41. The van der Waals surface area contributed by atoms with Crippen LogP contribution in [-0.4, -0.2) is 16.8 Å². The topological polar surface area (TPSA) is 92.5 Å². The average molecular weight is 260 g/mol. The van der Waals surface area contributed by atoms with Gasteiger partial charge in [-0.15, -0.1) is 0 Å². The van der Waals surface area contributed by atoms with E-state index < -0.39 is 0 Å². The highest BCUT2D eigenvalue weighted by Gasteiger charge is 2.03. The van der Waals surface area contributed by atoms with Gasteiger partial charge in [0.1, 0.15) is 5.75 Å². The predicted molar refractivity (Wildman–Crippen MR) is 77.6 cm³/mol. The van der Waals surface area contributed by atoms with Crippen molar-refractivity contribution in [3.8, 4) is 5.75 Å². The summed E-state index contributed by atoms with van der Waals surface area (Å²) in [6, 6.07) is 16.0. The van der Waals surface area contributed by atoms with Crippen LogP contribution in [0.2, 0.25) is 0 Å². The molecule has 6 N–H and O–H groups in total. The van der Waals surface area contributed by atoms with Crippen LogP contribution in [0.5, 0.6) is 5.75 Å². The molecule has 0 aromatic heterocycles. The van der Waals surface area contributed by atoms with E-state index in [4.69, 9.17) is 21.7 Å². The Morgan fingerprint density at radius 1 is 1.00 bits per heavy atom. The number of nitrogen functional groups attached to an aromatic ring is 1. The fourth-order valence-corrected chi connectivity index (χ4v) is 1.52. The van der Waals surface area contributed by atoms with E-state index >= 15 is 0 Å². The molecule has 0 spiro atoms. The van der Waals surface area contributed by atoms with E-state index in [-0.39, 0.29) is 12.6 Å². The van der Waals surface area contributed by atoms with Crippen LogP contribution in [0.3, 0.4) is 0 Å². The summed E-state index contributed by atoms with van der Waals surface area (Å²) in [5.74, 6) is 0.322. The number of para-hydroxylation sites is 1. The Kier molecular flexibility index (Phi) is 6.43. The molecule has 0 aliphatic rings. The van der Waals surface area contributed by atoms with Gasteiger partial charge in [0.05, 0.1) is 0 Å². The Bertz CT molecular complexity index is 475. The Morgan fingerprint density at radius 2 is 1.68 bits per heavy atom. The first-order chi connectivity index (χ1) is 9.13. The average Bonchev–Trinajstić information content (AvgIpc) is 2.40. The minimum absolute atomic E-state index is 0.107. The molecule has 0 heterocycles. The minimum atomic E-state index is -0.113. The van der Waals surface area contributed by atoms with Crippen molar-refractivity contribution in [2.24, 2.45) is 5.73 Å². The largest absolute Gasteiger partial charge is 0.508 e. The van der Waals surface area contributed by atoms with Crippen molar-refractivity contribution >= 4 is 5.69 Å². The first-order valence-electron chi connectivity index (χ1n) is 6.09. The minimum Gasteiger partial charge on any atom is -0.508 e. The predicted octanol–water partition coefficient (Wildman–Crippen LogP) is 2.04. The third-order valence-corrected chi connectivity index (χ3v) is 2.54. The maximum Gasteiger partial charge on any atom is 0.115 e. The molecule has 2 aromatic carbocycles. The number of benzene rings is 2. The van der Waals surface area contributed by atoms with Gasteiger partial charge in [-0.05, 0) is 36.2 Å². The first kappa shape index (κ1) is 15.0. The van der Waals surface area contributed by atoms with Gasteiger partial charge in [-0.3, -0.25) is 0 Å². The van der Waals surface area contributed by atoms with Crippen LogP contribution in [0.25, 0.3) is 0 Å². The maximum absolute atomic E-state index is 8.66. The van der Waals surface area contributed by atoms with Crippen molar-refractivity contribution in [3.63, 3.8) is 0 Å². The summed E-state index contributed by atoms with van der Waals surface area (Å²) in [6.07, 6.45) is 0.573. The Morgan fingerprint density at radius 3 is 2.16 bits per heavy atom. The zero-order valence-electron chi connectivity index (χ0n) is 10.7. The molecule has 2 aromatic rings. The van der Waals surface area contributed by atoms with Gasteiger partial charge in [0.2, 0.25) is 0 Å². The number of aliphatic hydroxyl groups excluding tert-OH is 1. The van der Waals surface area contributed by atoms with Crippen LogP contribution in [0, 0.1) is 0 Å². The summed E-state index contributed by atoms with van der Waals surface area (Å²) in [7, 11) is 0. The molecule has 4 nitrogen and oxygen atoms in total. The zero-order valence-corrected chi connectivity index (χ0v) is 10.7. The number of nitrogens with two attached hydrogens (primary N) is 2. The number of aromatic hydroxyl groups is 1. The number of hydrogen-bond acceptors (Lipinski definition) is 4. The van der Waals surface area contributed by atoms with Crippen molar-refractivity contribution < 1.29 is 10.2 Å². The normalized spacial score (nSPS) is 11.3. The smallest absolute Gasteiger partial charge is 0.115 e. The van der Waals surface area contributed by atoms with Gasteiger partial charge < -0.3 is 21.7 Å². The Labute approximate surface area is 113 Å². The molecule has 0 radical (unpaired) electrons. The molecule has 2 rings (SSSR count). The summed E-state index contributed by atoms with van der Waals surface area (Å²) in [4.78, 5) is 0. The number of phenolic OH excluding ortho intramolecular Hbond substituents is 1. The van der Waals surface area contributed by atoms with E-state index in [0.717, 1.165) is 5.56 Å². The molecule has 1 unspecified atom stereocenters. The van der Waals surface area contributed by atoms with Gasteiger partial charge in [0.15, 0.2) is 0 Å². The summed E-state index contributed by atoms with van der Waals surface area (Å²) >= 11 is 0. The monoisotopic (exact) mass is 260 g/mol. The first-order valence-corrected chi connectivity index (χ1v) is 6.09. The fourth-order valence-electron chi connectivity index (χ4n) is 1.52. The second kappa shape index (κ2) is 8.13. The quantitative estimate of drug-likeness (QED) is 0.635. The summed E-state index contributed by atoms with van der Waals surface area (Å²) in [5, 5.41) is 17.3. The van der Waals surface area contributed by atoms with Gasteiger partial charge in [0.25, 0.3) is 0 Å². The van der Waals surface area contributed by atoms with E-state index in [9.17, 15) is 0 Å². The van der Waals surface area contributed by atoms with E-state index in [1.54, 1.807) is 24.3 Å². The van der Waals surface area contributed by atoms with Crippen molar-refractivity contribution in [1.82, 2.24) is 0 Å². The van der Waals surface area contributed by atoms with Gasteiger partial charge in [-0.25, -0.2) is 0 Å². The Balaban J connectivity index is 0.000000218. The molecule has 0 saturated carbocycles. The number of aliphatic hydroxyl groups is 1. The van der Waals surface area contributed by atoms with Crippen LogP contribution in [0.15, 0.2) is 54.6 Å². The SMILES string of the molecule is Nc1cccc(C(N)CCO)c1.Oc1ccccc1. The molecule has 0 aliphatic heterocycles. The second-order valence-corrected chi connectivity index (χ2v) is 4.12. The van der Waals surface area contributed by atoms with Gasteiger partial charge in [-0.2, -0.15) is 0 Å². The molecule has 0 amide bonds. The molecular formula is C15H20N2O2. The highest BCUT2D eigenvalue weighted by Crippen LogP contribution is 2.15. The van der Waals surface area contributed by atoms with Crippen LogP contribution >= 0.6 is 0 Å². The Hall–Kier alpha value is -2.04. The lowest BCUT2D eigenvalue weighted by molar-refractivity contribution is 0.276. The fraction of sp³-hybridized carbons (Fsp3) is 0.200. The lowest BCUT2D eigenvalue weighted by atomic mass is 10.0. The molecule has 0 bridgehead atoms. The molecule has 0 aliphatic carbocycles. The lowest BCUT2D eigenvalue weighted by Gasteiger charge is -2.10. The summed E-state index contributed by atoms with van der Waals surface area (Å²) in [5.41, 5.74) is 13.0. The van der Waals surface area contributed by atoms with Crippen LogP contribution in [0.1, 0.15) is 18.0 Å². The molecule has 102 valence electrons. The third kappa shape index (κ3) is 5.90. The second-order valence-electron chi connectivity index (χ2n) is 4.12. The standard InChI is InChI=1S/C9H14N2O.C6H6O/c10-8-3-1-2-7(6-8)9(11)4-5-12;7-6-4-2-1-3-5-6/h1-3,6,9,12H,4-5,10-11H2;1-5,7H. The maximum atomic E-state index is 8.66. The van der Waals surface area contributed by atoms with Crippen LogP contribution < -0.4 is 11.5 Å². The summed E-state index contributed by atoms with van der Waals surface area (Å²) < 4.78 is 0. The van der Waals surface area contributed by atoms with Gasteiger partial charge in [0, 0.05) is 18.3 Å². The number of phenols is 1. The molecule has 19 heavy (non-hydrogen) atoms. The van der Waals surface area contributed by atoms with Crippen molar-refractivity contribution in [2.45, 2.75) is 12.5 Å². The number of anilines is 1. The van der Waals surface area contributed by atoms with Crippen molar-refractivity contribution in [1.29, 1.82) is 0 Å². The summed E-state index contributed by atoms with van der Waals surface area (Å²) in [6.45, 7) is 0.107. The number of rotatable bonds is 3. The van der Waals surface area contributed by atoms with E-state index in [2.05, 4.69) is 0 Å². The third-order valence-electron chi connectivity index (χ3n) is 2.54. The van der Waals surface area contributed by atoms with Crippen molar-refractivity contribution in [2.75, 3.05) is 12.3 Å². The zero-order chi connectivity index (χ0) is 14.1. The van der Waals surface area contributed by atoms with Crippen LogP contribution in [0.4, 0.5) is 5.69 Å². The molecular weight excluding hydrogens is 240 g/mol.